The fourth-order valence-corrected chi connectivity index (χ4v) is 3.61. The molecule has 1 aliphatic rings. The van der Waals surface area contributed by atoms with E-state index in [4.69, 9.17) is 10.3 Å². The molecule has 2 rings (SSSR count). The van der Waals surface area contributed by atoms with Gasteiger partial charge in [-0.2, -0.15) is 0 Å². The third-order valence-corrected chi connectivity index (χ3v) is 4.84. The third-order valence-electron chi connectivity index (χ3n) is 3.64. The van der Waals surface area contributed by atoms with Crippen LogP contribution in [0.15, 0.2) is 28.7 Å². The molecule has 0 aliphatic carbocycles. The number of nitrogens with zero attached hydrogens (tertiary/aromatic N) is 6. The molecule has 1 aliphatic heterocycles. The van der Waals surface area contributed by atoms with Crippen molar-refractivity contribution in [3.63, 3.8) is 0 Å². The monoisotopic (exact) mass is 308 g/mol. The molecule has 0 N–H and O–H groups in total. The number of hydrogen-bond donors (Lipinski definition) is 0. The van der Waals surface area contributed by atoms with Gasteiger partial charge in [-0.1, -0.05) is 23.8 Å². The van der Waals surface area contributed by atoms with E-state index in [1.165, 1.54) is 11.8 Å². The maximum Gasteiger partial charge on any atom is 0.190 e. The molecule has 7 nitrogen and oxygen atoms in total. The van der Waals surface area contributed by atoms with Gasteiger partial charge in [0.2, 0.25) is 0 Å². The summed E-state index contributed by atoms with van der Waals surface area (Å²) in [6, 6.07) is 2.17. The second kappa shape index (κ2) is 7.61. The lowest BCUT2D eigenvalue weighted by atomic mass is 9.92. The fourth-order valence-electron chi connectivity index (χ4n) is 2.55. The van der Waals surface area contributed by atoms with E-state index < -0.39 is 0 Å². The van der Waals surface area contributed by atoms with Crippen LogP contribution >= 0.6 is 11.8 Å². The van der Waals surface area contributed by atoms with Gasteiger partial charge in [-0.15, -0.1) is 0 Å². The first kappa shape index (κ1) is 16.0. The van der Waals surface area contributed by atoms with E-state index in [0.29, 0.717) is 23.7 Å². The van der Waals surface area contributed by atoms with Crippen molar-refractivity contribution >= 4 is 11.8 Å². The molecule has 0 spiro atoms. The van der Waals surface area contributed by atoms with Gasteiger partial charge < -0.3 is 9.64 Å². The minimum absolute atomic E-state index is 0.0487. The Hall–Kier alpha value is -1.34. The summed E-state index contributed by atoms with van der Waals surface area (Å²) in [5, 5.41) is 4.36. The Balaban J connectivity index is 2.11. The molecule has 1 saturated heterocycles. The molecular formula is C13H20N6OS. The van der Waals surface area contributed by atoms with Gasteiger partial charge in [0, 0.05) is 29.3 Å². The minimum atomic E-state index is -0.0642. The molecule has 0 radical (unpaired) electrons. The molecule has 0 amide bonds. The summed E-state index contributed by atoms with van der Waals surface area (Å²) in [6.07, 6.45) is 4.25. The predicted octanol–water partition coefficient (Wildman–Crippen LogP) is 2.56. The lowest BCUT2D eigenvalue weighted by Crippen LogP contribution is -2.48. The number of hydrogen-bond acceptors (Lipinski definition) is 6. The molecule has 4 atom stereocenters. The summed E-state index contributed by atoms with van der Waals surface area (Å²) in [5.41, 5.74) is 8.44. The van der Waals surface area contributed by atoms with E-state index >= 15 is 0 Å². The van der Waals surface area contributed by atoms with Crippen LogP contribution in [0.5, 0.6) is 0 Å². The number of thioether (sulfide) groups is 1. The minimum Gasteiger partial charge on any atom is -0.363 e. The van der Waals surface area contributed by atoms with E-state index in [-0.39, 0.29) is 11.5 Å². The van der Waals surface area contributed by atoms with E-state index in [2.05, 4.69) is 45.9 Å². The average molecular weight is 308 g/mol. The molecule has 1 fully saturated rings. The molecule has 0 aromatic carbocycles. The Kier molecular flexibility index (Phi) is 5.81. The van der Waals surface area contributed by atoms with Crippen LogP contribution in [0, 0.1) is 5.92 Å². The van der Waals surface area contributed by atoms with Crippen LogP contribution in [0.25, 0.3) is 10.4 Å². The topological polar surface area (TPSA) is 87.0 Å². The summed E-state index contributed by atoms with van der Waals surface area (Å²) < 4.78 is 6.08. The lowest BCUT2D eigenvalue weighted by molar-refractivity contribution is -0.0629. The van der Waals surface area contributed by atoms with Crippen molar-refractivity contribution in [3.8, 4) is 0 Å². The zero-order chi connectivity index (χ0) is 15.2. The Bertz CT molecular complexity index is 493. The van der Waals surface area contributed by atoms with E-state index in [0.717, 1.165) is 6.42 Å². The highest BCUT2D eigenvalue weighted by Crippen LogP contribution is 2.36. The van der Waals surface area contributed by atoms with Gasteiger partial charge in [-0.05, 0) is 32.1 Å². The third kappa shape index (κ3) is 4.31. The van der Waals surface area contributed by atoms with Gasteiger partial charge in [0.1, 0.15) is 5.44 Å². The molecule has 1 aromatic heterocycles. The van der Waals surface area contributed by atoms with Crippen LogP contribution in [0.2, 0.25) is 0 Å². The summed E-state index contributed by atoms with van der Waals surface area (Å²) >= 11 is 1.53. The quantitative estimate of drug-likeness (QED) is 0.361. The first-order valence-electron chi connectivity index (χ1n) is 6.88. The Labute approximate surface area is 128 Å². The fraction of sp³-hybridized carbons (Fsp3) is 0.692. The highest BCUT2D eigenvalue weighted by Gasteiger charge is 2.37. The largest absolute Gasteiger partial charge is 0.363 e. The first-order valence-corrected chi connectivity index (χ1v) is 7.76. The van der Waals surface area contributed by atoms with Gasteiger partial charge in [-0.3, -0.25) is 0 Å². The Morgan fingerprint density at radius 1 is 1.48 bits per heavy atom. The molecule has 0 saturated carbocycles. The van der Waals surface area contributed by atoms with Crippen molar-refractivity contribution in [2.24, 2.45) is 11.0 Å². The summed E-state index contributed by atoms with van der Waals surface area (Å²) in [7, 11) is 4.13. The maximum absolute atomic E-state index is 8.49. The van der Waals surface area contributed by atoms with Crippen molar-refractivity contribution in [3.05, 3.63) is 28.9 Å². The molecule has 114 valence electrons. The number of aromatic nitrogens is 2. The van der Waals surface area contributed by atoms with Crippen molar-refractivity contribution < 1.29 is 4.74 Å². The van der Waals surface area contributed by atoms with Crippen LogP contribution in [-0.2, 0) is 4.74 Å². The normalized spacial score (nSPS) is 29.1. The molecule has 2 heterocycles. The van der Waals surface area contributed by atoms with Crippen LogP contribution in [0.1, 0.15) is 13.3 Å². The average Bonchev–Trinajstić information content (AvgIpc) is 2.48. The summed E-state index contributed by atoms with van der Waals surface area (Å²) in [6.45, 7) is 2.54. The van der Waals surface area contributed by atoms with Crippen LogP contribution < -0.4 is 0 Å². The second-order valence-corrected chi connectivity index (χ2v) is 6.38. The first-order chi connectivity index (χ1) is 10.1. The van der Waals surface area contributed by atoms with E-state index in [1.807, 2.05) is 0 Å². The number of azide groups is 1. The van der Waals surface area contributed by atoms with Gasteiger partial charge in [0.15, 0.2) is 5.16 Å². The number of rotatable bonds is 5. The molecule has 8 heteroatoms. The van der Waals surface area contributed by atoms with Crippen LogP contribution in [0.4, 0.5) is 0 Å². The van der Waals surface area contributed by atoms with Crippen molar-refractivity contribution in [2.45, 2.75) is 36.1 Å². The van der Waals surface area contributed by atoms with Gasteiger partial charge in [0.25, 0.3) is 0 Å². The van der Waals surface area contributed by atoms with Crippen LogP contribution in [0.3, 0.4) is 0 Å². The Morgan fingerprint density at radius 2 is 2.19 bits per heavy atom. The highest BCUT2D eigenvalue weighted by atomic mass is 32.2. The van der Waals surface area contributed by atoms with E-state index in [1.54, 1.807) is 18.5 Å². The van der Waals surface area contributed by atoms with E-state index in [9.17, 15) is 0 Å². The molecule has 1 aromatic rings. The molecule has 0 bridgehead atoms. The lowest BCUT2D eigenvalue weighted by Gasteiger charge is -2.42. The Morgan fingerprint density at radius 3 is 2.81 bits per heavy atom. The van der Waals surface area contributed by atoms with Gasteiger partial charge in [-0.25, -0.2) is 9.97 Å². The van der Waals surface area contributed by atoms with Crippen molar-refractivity contribution in [1.29, 1.82) is 0 Å². The second-order valence-electron chi connectivity index (χ2n) is 5.31. The van der Waals surface area contributed by atoms with Crippen molar-refractivity contribution in [2.75, 3.05) is 20.6 Å². The number of ether oxygens (including phenoxy) is 1. The molecular weight excluding hydrogens is 288 g/mol. The summed E-state index contributed by atoms with van der Waals surface area (Å²) in [4.78, 5) is 13.5. The van der Waals surface area contributed by atoms with Gasteiger partial charge >= 0.3 is 0 Å². The zero-order valence-electron chi connectivity index (χ0n) is 12.5. The highest BCUT2D eigenvalue weighted by molar-refractivity contribution is 7.99. The maximum atomic E-state index is 8.49. The van der Waals surface area contributed by atoms with Crippen LogP contribution in [-0.4, -0.2) is 53.1 Å². The smallest absolute Gasteiger partial charge is 0.190 e. The molecule has 21 heavy (non-hydrogen) atoms. The SMILES string of the molecule is C[C@H]1C(Sc2ncccn2)O[C@H](CN=[N+]=[N-])C[C@@H]1N(C)C. The summed E-state index contributed by atoms with van der Waals surface area (Å²) in [5.74, 6) is 0.330. The standard InChI is InChI=1S/C13H20N6OS/c1-9-11(19(2)3)7-10(8-17-18-14)20-12(9)21-13-15-5-4-6-16-13/h4-6,9-12H,7-8H2,1-3H3/t9-,10+,11+,12?/m1/s1. The molecule has 1 unspecified atom stereocenters. The zero-order valence-corrected chi connectivity index (χ0v) is 13.3. The van der Waals surface area contributed by atoms with Gasteiger partial charge in [0.05, 0.1) is 12.6 Å². The predicted molar refractivity (Wildman–Crippen MR) is 81.8 cm³/mol. The van der Waals surface area contributed by atoms with Crippen molar-refractivity contribution in [1.82, 2.24) is 14.9 Å².